The monoisotopic (exact) mass is 337 g/mol. The van der Waals surface area contributed by atoms with Crippen LogP contribution in [-0.2, 0) is 0 Å². The molecular weight excluding hydrogens is 310 g/mol. The van der Waals surface area contributed by atoms with E-state index in [9.17, 15) is 4.79 Å². The second-order valence-electron chi connectivity index (χ2n) is 6.79. The fraction of sp³-hybridized carbons (Fsp3) is 0.429. The lowest BCUT2D eigenvalue weighted by atomic mass is 9.95. The Morgan fingerprint density at radius 1 is 1.16 bits per heavy atom. The minimum Gasteiger partial charge on any atom is -0.348 e. The third-order valence-corrected chi connectivity index (χ3v) is 4.86. The molecule has 1 amide bonds. The molecule has 0 atom stereocenters. The molecule has 1 aromatic carbocycles. The first-order valence-corrected chi connectivity index (χ1v) is 9.28. The Balaban J connectivity index is 1.78. The van der Waals surface area contributed by atoms with E-state index in [1.54, 1.807) is 6.20 Å². The second-order valence-corrected chi connectivity index (χ2v) is 6.79. The highest BCUT2D eigenvalue weighted by molar-refractivity contribution is 5.93. The number of rotatable bonds is 5. The van der Waals surface area contributed by atoms with Gasteiger partial charge in [0.1, 0.15) is 5.69 Å². The number of benzene rings is 1. The smallest absolute Gasteiger partial charge is 0.270 e. The zero-order chi connectivity index (χ0) is 17.6. The SMILES string of the molecule is CCN(c1cccc(C)c1)c1ccnc(C(=O)NC2CCCCC2)c1. The van der Waals surface area contributed by atoms with Crippen molar-refractivity contribution in [3.63, 3.8) is 0 Å². The molecule has 0 spiro atoms. The maximum absolute atomic E-state index is 12.6. The average molecular weight is 337 g/mol. The second kappa shape index (κ2) is 8.15. The van der Waals surface area contributed by atoms with E-state index in [2.05, 4.69) is 53.3 Å². The molecule has 0 saturated heterocycles. The molecule has 2 aromatic rings. The Morgan fingerprint density at radius 3 is 2.64 bits per heavy atom. The molecule has 0 radical (unpaired) electrons. The van der Waals surface area contributed by atoms with Crippen molar-refractivity contribution in [1.29, 1.82) is 0 Å². The predicted octanol–water partition coefficient (Wildman–Crippen LogP) is 4.61. The van der Waals surface area contributed by atoms with Crippen molar-refractivity contribution in [2.75, 3.05) is 11.4 Å². The molecule has 1 saturated carbocycles. The molecular formula is C21H27N3O. The zero-order valence-corrected chi connectivity index (χ0v) is 15.2. The van der Waals surface area contributed by atoms with Crippen molar-refractivity contribution in [2.45, 2.75) is 52.0 Å². The molecule has 1 N–H and O–H groups in total. The van der Waals surface area contributed by atoms with Crippen LogP contribution in [0.3, 0.4) is 0 Å². The fourth-order valence-electron chi connectivity index (χ4n) is 3.53. The van der Waals surface area contributed by atoms with E-state index in [4.69, 9.17) is 0 Å². The van der Waals surface area contributed by atoms with Gasteiger partial charge in [-0.05, 0) is 56.5 Å². The lowest BCUT2D eigenvalue weighted by Gasteiger charge is -2.25. The van der Waals surface area contributed by atoms with Crippen LogP contribution >= 0.6 is 0 Å². The minimum absolute atomic E-state index is 0.0611. The standard InChI is InChI=1S/C21H27N3O/c1-3-24(18-11-7-8-16(2)14-18)19-12-13-22-20(15-19)21(25)23-17-9-5-4-6-10-17/h7-8,11-15,17H,3-6,9-10H2,1-2H3,(H,23,25). The van der Waals surface area contributed by atoms with Gasteiger partial charge in [0.25, 0.3) is 5.91 Å². The van der Waals surface area contributed by atoms with Gasteiger partial charge in [0.15, 0.2) is 0 Å². The van der Waals surface area contributed by atoms with Crippen LogP contribution in [0.25, 0.3) is 0 Å². The van der Waals surface area contributed by atoms with Crippen LogP contribution in [0.5, 0.6) is 0 Å². The summed E-state index contributed by atoms with van der Waals surface area (Å²) in [7, 11) is 0. The Kier molecular flexibility index (Phi) is 5.69. The molecule has 4 heteroatoms. The summed E-state index contributed by atoms with van der Waals surface area (Å²) in [4.78, 5) is 19.1. The largest absolute Gasteiger partial charge is 0.348 e. The van der Waals surface area contributed by atoms with Gasteiger partial charge in [0.2, 0.25) is 0 Å². The zero-order valence-electron chi connectivity index (χ0n) is 15.2. The van der Waals surface area contributed by atoms with Gasteiger partial charge in [-0.3, -0.25) is 9.78 Å². The summed E-state index contributed by atoms with van der Waals surface area (Å²) >= 11 is 0. The summed E-state index contributed by atoms with van der Waals surface area (Å²) in [6.45, 7) is 5.04. The van der Waals surface area contributed by atoms with Crippen LogP contribution in [0.1, 0.15) is 55.1 Å². The first kappa shape index (κ1) is 17.5. The third-order valence-electron chi connectivity index (χ3n) is 4.86. The number of aryl methyl sites for hydroxylation is 1. The fourth-order valence-corrected chi connectivity index (χ4v) is 3.53. The van der Waals surface area contributed by atoms with E-state index >= 15 is 0 Å². The molecule has 25 heavy (non-hydrogen) atoms. The topological polar surface area (TPSA) is 45.2 Å². The highest BCUT2D eigenvalue weighted by atomic mass is 16.1. The summed E-state index contributed by atoms with van der Waals surface area (Å²) in [5.74, 6) is -0.0611. The molecule has 1 aromatic heterocycles. The lowest BCUT2D eigenvalue weighted by Crippen LogP contribution is -2.36. The quantitative estimate of drug-likeness (QED) is 0.866. The summed E-state index contributed by atoms with van der Waals surface area (Å²) < 4.78 is 0. The maximum Gasteiger partial charge on any atom is 0.270 e. The molecule has 132 valence electrons. The predicted molar refractivity (Wildman–Crippen MR) is 102 cm³/mol. The van der Waals surface area contributed by atoms with E-state index in [0.29, 0.717) is 11.7 Å². The Bertz CT molecular complexity index is 723. The Morgan fingerprint density at radius 2 is 1.92 bits per heavy atom. The average Bonchev–Trinajstić information content (AvgIpc) is 2.63. The molecule has 0 aliphatic heterocycles. The molecule has 1 aliphatic carbocycles. The summed E-state index contributed by atoms with van der Waals surface area (Å²) in [6.07, 6.45) is 7.57. The van der Waals surface area contributed by atoms with E-state index in [-0.39, 0.29) is 5.91 Å². The molecule has 3 rings (SSSR count). The Labute approximate surface area is 150 Å². The molecule has 1 aliphatic rings. The van der Waals surface area contributed by atoms with Gasteiger partial charge in [-0.1, -0.05) is 31.4 Å². The first-order chi connectivity index (χ1) is 12.2. The number of anilines is 2. The van der Waals surface area contributed by atoms with Crippen LogP contribution < -0.4 is 10.2 Å². The number of carbonyl (C=O) groups is 1. The van der Waals surface area contributed by atoms with Gasteiger partial charge >= 0.3 is 0 Å². The Hall–Kier alpha value is -2.36. The van der Waals surface area contributed by atoms with Gasteiger partial charge in [-0.2, -0.15) is 0 Å². The lowest BCUT2D eigenvalue weighted by molar-refractivity contribution is 0.0922. The summed E-state index contributed by atoms with van der Waals surface area (Å²) in [5, 5.41) is 3.15. The van der Waals surface area contributed by atoms with Crippen LogP contribution in [0.15, 0.2) is 42.6 Å². The number of amides is 1. The van der Waals surface area contributed by atoms with Gasteiger partial charge in [0.05, 0.1) is 0 Å². The van der Waals surface area contributed by atoms with Crippen molar-refractivity contribution in [2.24, 2.45) is 0 Å². The van der Waals surface area contributed by atoms with Crippen molar-refractivity contribution in [3.05, 3.63) is 53.9 Å². The number of hydrogen-bond acceptors (Lipinski definition) is 3. The number of hydrogen-bond donors (Lipinski definition) is 1. The van der Waals surface area contributed by atoms with E-state index in [0.717, 1.165) is 30.8 Å². The van der Waals surface area contributed by atoms with Crippen molar-refractivity contribution >= 4 is 17.3 Å². The summed E-state index contributed by atoms with van der Waals surface area (Å²) in [6, 6.07) is 12.6. The molecule has 1 fully saturated rings. The molecule has 4 nitrogen and oxygen atoms in total. The van der Waals surface area contributed by atoms with Crippen LogP contribution in [0.4, 0.5) is 11.4 Å². The van der Waals surface area contributed by atoms with Gasteiger partial charge in [-0.25, -0.2) is 0 Å². The van der Waals surface area contributed by atoms with Crippen molar-refractivity contribution in [3.8, 4) is 0 Å². The number of carbonyl (C=O) groups excluding carboxylic acids is 1. The molecule has 0 unspecified atom stereocenters. The number of nitrogens with zero attached hydrogens (tertiary/aromatic N) is 2. The number of aromatic nitrogens is 1. The highest BCUT2D eigenvalue weighted by Gasteiger charge is 2.18. The van der Waals surface area contributed by atoms with Crippen LogP contribution in [0, 0.1) is 6.92 Å². The number of nitrogens with one attached hydrogen (secondary N) is 1. The van der Waals surface area contributed by atoms with Crippen molar-refractivity contribution in [1.82, 2.24) is 10.3 Å². The third kappa shape index (κ3) is 4.38. The van der Waals surface area contributed by atoms with Gasteiger partial charge < -0.3 is 10.2 Å². The maximum atomic E-state index is 12.6. The minimum atomic E-state index is -0.0611. The van der Waals surface area contributed by atoms with Crippen molar-refractivity contribution < 1.29 is 4.79 Å². The van der Waals surface area contributed by atoms with Gasteiger partial charge in [-0.15, -0.1) is 0 Å². The van der Waals surface area contributed by atoms with E-state index < -0.39 is 0 Å². The van der Waals surface area contributed by atoms with Crippen LogP contribution in [-0.4, -0.2) is 23.5 Å². The van der Waals surface area contributed by atoms with E-state index in [1.807, 2.05) is 12.1 Å². The van der Waals surface area contributed by atoms with Crippen LogP contribution in [0.2, 0.25) is 0 Å². The molecule has 0 bridgehead atoms. The van der Waals surface area contributed by atoms with Gasteiger partial charge in [0, 0.05) is 30.2 Å². The highest BCUT2D eigenvalue weighted by Crippen LogP contribution is 2.26. The summed E-state index contributed by atoms with van der Waals surface area (Å²) in [5.41, 5.74) is 3.85. The first-order valence-electron chi connectivity index (χ1n) is 9.28. The molecule has 1 heterocycles. The van der Waals surface area contributed by atoms with E-state index in [1.165, 1.54) is 24.8 Å². The normalized spacial score (nSPS) is 15.0. The number of pyridine rings is 1.